The molecule has 1 aromatic heterocycles. The molecule has 2 heterocycles. The average Bonchev–Trinajstić information content (AvgIpc) is 2.72. The minimum atomic E-state index is -0.0514. The van der Waals surface area contributed by atoms with Crippen LogP contribution >= 0.6 is 0 Å². The van der Waals surface area contributed by atoms with Crippen LogP contribution in [0.2, 0.25) is 0 Å². The zero-order valence-corrected chi connectivity index (χ0v) is 12.1. The van der Waals surface area contributed by atoms with E-state index in [2.05, 4.69) is 4.98 Å². The van der Waals surface area contributed by atoms with Crippen molar-refractivity contribution >= 4 is 11.8 Å². The number of hydrogen-bond donors (Lipinski definition) is 0. The van der Waals surface area contributed by atoms with Crippen LogP contribution in [-0.2, 0) is 4.79 Å². The Hall–Kier alpha value is -1.91. The molecule has 1 aromatic rings. The van der Waals surface area contributed by atoms with E-state index in [0.29, 0.717) is 25.3 Å². The van der Waals surface area contributed by atoms with Crippen molar-refractivity contribution in [1.29, 1.82) is 0 Å². The molecule has 5 nitrogen and oxygen atoms in total. The second-order valence-corrected chi connectivity index (χ2v) is 5.34. The van der Waals surface area contributed by atoms with Gasteiger partial charge in [-0.1, -0.05) is 19.9 Å². The van der Waals surface area contributed by atoms with Gasteiger partial charge < -0.3 is 9.80 Å². The van der Waals surface area contributed by atoms with Gasteiger partial charge in [-0.2, -0.15) is 0 Å². The van der Waals surface area contributed by atoms with Crippen LogP contribution < -0.4 is 0 Å². The summed E-state index contributed by atoms with van der Waals surface area (Å²) in [6, 6.07) is 5.33. The van der Waals surface area contributed by atoms with Gasteiger partial charge in [0.05, 0.1) is 0 Å². The van der Waals surface area contributed by atoms with Crippen LogP contribution in [0.4, 0.5) is 0 Å². The van der Waals surface area contributed by atoms with E-state index in [0.717, 1.165) is 13.0 Å². The number of carbonyl (C=O) groups is 2. The van der Waals surface area contributed by atoms with Crippen LogP contribution in [0.3, 0.4) is 0 Å². The van der Waals surface area contributed by atoms with Crippen molar-refractivity contribution in [1.82, 2.24) is 14.8 Å². The molecule has 0 radical (unpaired) electrons. The average molecular weight is 275 g/mol. The number of hydrogen-bond acceptors (Lipinski definition) is 3. The Morgan fingerprint density at radius 2 is 1.80 bits per heavy atom. The fourth-order valence-corrected chi connectivity index (χ4v) is 2.36. The van der Waals surface area contributed by atoms with Gasteiger partial charge in [0.15, 0.2) is 0 Å². The smallest absolute Gasteiger partial charge is 0.272 e. The van der Waals surface area contributed by atoms with Crippen LogP contribution in [0.1, 0.15) is 30.8 Å². The second-order valence-electron chi connectivity index (χ2n) is 5.34. The Bertz CT molecular complexity index is 473. The number of pyridine rings is 1. The molecule has 0 atom stereocenters. The number of carbonyl (C=O) groups excluding carboxylic acids is 2. The molecule has 0 N–H and O–H groups in total. The molecule has 0 bridgehead atoms. The number of rotatable bonds is 2. The van der Waals surface area contributed by atoms with E-state index < -0.39 is 0 Å². The van der Waals surface area contributed by atoms with E-state index in [-0.39, 0.29) is 17.7 Å². The van der Waals surface area contributed by atoms with Gasteiger partial charge >= 0.3 is 0 Å². The molecule has 20 heavy (non-hydrogen) atoms. The van der Waals surface area contributed by atoms with E-state index in [1.165, 1.54) is 0 Å². The van der Waals surface area contributed by atoms with Gasteiger partial charge in [-0.05, 0) is 18.6 Å². The normalized spacial score (nSPS) is 16.1. The van der Waals surface area contributed by atoms with E-state index in [1.807, 2.05) is 24.8 Å². The summed E-state index contributed by atoms with van der Waals surface area (Å²) in [5, 5.41) is 0. The van der Waals surface area contributed by atoms with Gasteiger partial charge in [0.1, 0.15) is 5.69 Å². The summed E-state index contributed by atoms with van der Waals surface area (Å²) < 4.78 is 0. The summed E-state index contributed by atoms with van der Waals surface area (Å²) in [6.07, 6.45) is 2.44. The molecular weight excluding hydrogens is 254 g/mol. The Kier molecular flexibility index (Phi) is 4.71. The van der Waals surface area contributed by atoms with Crippen molar-refractivity contribution in [2.45, 2.75) is 20.3 Å². The zero-order valence-electron chi connectivity index (χ0n) is 12.1. The Morgan fingerprint density at radius 1 is 1.10 bits per heavy atom. The van der Waals surface area contributed by atoms with Crippen LogP contribution in [-0.4, -0.2) is 52.8 Å². The van der Waals surface area contributed by atoms with Gasteiger partial charge in [-0.25, -0.2) is 0 Å². The van der Waals surface area contributed by atoms with Crippen LogP contribution in [0, 0.1) is 5.92 Å². The molecule has 0 unspecified atom stereocenters. The lowest BCUT2D eigenvalue weighted by molar-refractivity contribution is -0.134. The Balaban J connectivity index is 1.99. The lowest BCUT2D eigenvalue weighted by Gasteiger charge is -2.23. The molecule has 2 rings (SSSR count). The highest BCUT2D eigenvalue weighted by molar-refractivity contribution is 5.92. The van der Waals surface area contributed by atoms with Gasteiger partial charge in [-0.15, -0.1) is 0 Å². The van der Waals surface area contributed by atoms with Crippen LogP contribution in [0.25, 0.3) is 0 Å². The summed E-state index contributed by atoms with van der Waals surface area (Å²) in [5.74, 6) is 0.120. The number of aromatic nitrogens is 1. The van der Waals surface area contributed by atoms with Gasteiger partial charge in [0, 0.05) is 38.3 Å². The van der Waals surface area contributed by atoms with Gasteiger partial charge in [0.25, 0.3) is 5.91 Å². The maximum atomic E-state index is 12.3. The second kappa shape index (κ2) is 6.50. The summed E-state index contributed by atoms with van der Waals surface area (Å²) in [7, 11) is 0. The van der Waals surface area contributed by atoms with Gasteiger partial charge in [-0.3, -0.25) is 14.6 Å². The first-order valence-corrected chi connectivity index (χ1v) is 7.08. The molecule has 1 fully saturated rings. The van der Waals surface area contributed by atoms with Crippen molar-refractivity contribution < 1.29 is 9.59 Å². The third-order valence-corrected chi connectivity index (χ3v) is 3.47. The zero-order chi connectivity index (χ0) is 14.5. The molecule has 108 valence electrons. The number of nitrogens with zero attached hydrogens (tertiary/aromatic N) is 3. The van der Waals surface area contributed by atoms with E-state index >= 15 is 0 Å². The topological polar surface area (TPSA) is 53.5 Å². The van der Waals surface area contributed by atoms with Gasteiger partial charge in [0.2, 0.25) is 5.91 Å². The molecule has 5 heteroatoms. The fourth-order valence-electron chi connectivity index (χ4n) is 2.36. The predicted octanol–water partition coefficient (Wildman–Crippen LogP) is 1.41. The van der Waals surface area contributed by atoms with E-state index in [1.54, 1.807) is 23.2 Å². The highest BCUT2D eigenvalue weighted by Gasteiger charge is 2.24. The summed E-state index contributed by atoms with van der Waals surface area (Å²) in [4.78, 5) is 32.1. The van der Waals surface area contributed by atoms with Crippen LogP contribution in [0.5, 0.6) is 0 Å². The molecule has 2 amide bonds. The van der Waals surface area contributed by atoms with E-state index in [9.17, 15) is 9.59 Å². The highest BCUT2D eigenvalue weighted by atomic mass is 16.2. The highest BCUT2D eigenvalue weighted by Crippen LogP contribution is 2.10. The fraction of sp³-hybridized carbons (Fsp3) is 0.533. The first-order valence-electron chi connectivity index (χ1n) is 7.08. The quantitative estimate of drug-likeness (QED) is 0.820. The number of amides is 2. The lowest BCUT2D eigenvalue weighted by atomic mass is 10.2. The van der Waals surface area contributed by atoms with Crippen molar-refractivity contribution in [3.05, 3.63) is 30.1 Å². The summed E-state index contributed by atoms with van der Waals surface area (Å²) in [6.45, 7) is 6.40. The molecule has 0 aliphatic carbocycles. The van der Waals surface area contributed by atoms with E-state index in [4.69, 9.17) is 0 Å². The summed E-state index contributed by atoms with van der Waals surface area (Å²) in [5.41, 5.74) is 0.469. The largest absolute Gasteiger partial charge is 0.341 e. The van der Waals surface area contributed by atoms with Crippen LogP contribution in [0.15, 0.2) is 24.4 Å². The molecule has 1 aliphatic rings. The summed E-state index contributed by atoms with van der Waals surface area (Å²) >= 11 is 0. The third kappa shape index (κ3) is 3.35. The molecular formula is C15H21N3O2. The maximum Gasteiger partial charge on any atom is 0.272 e. The molecule has 1 aliphatic heterocycles. The molecule has 0 aromatic carbocycles. The van der Waals surface area contributed by atoms with Crippen molar-refractivity contribution in [2.24, 2.45) is 5.92 Å². The Morgan fingerprint density at radius 3 is 2.45 bits per heavy atom. The first-order chi connectivity index (χ1) is 9.59. The van der Waals surface area contributed by atoms with Crippen molar-refractivity contribution in [3.63, 3.8) is 0 Å². The Labute approximate surface area is 119 Å². The predicted molar refractivity (Wildman–Crippen MR) is 76.2 cm³/mol. The lowest BCUT2D eigenvalue weighted by Crippen LogP contribution is -2.39. The molecule has 1 saturated heterocycles. The molecule has 0 spiro atoms. The monoisotopic (exact) mass is 275 g/mol. The maximum absolute atomic E-state index is 12.3. The third-order valence-electron chi connectivity index (χ3n) is 3.47. The minimum Gasteiger partial charge on any atom is -0.341 e. The SMILES string of the molecule is CC(C)C(=O)N1CCCN(C(=O)c2ccccn2)CC1. The minimum absolute atomic E-state index is 0.00745. The first kappa shape index (κ1) is 14.5. The van der Waals surface area contributed by atoms with Crippen molar-refractivity contribution in [2.75, 3.05) is 26.2 Å². The standard InChI is InChI=1S/C15H21N3O2/c1-12(2)14(19)17-8-5-9-18(11-10-17)15(20)13-6-3-4-7-16-13/h3-4,6-7,12H,5,8-11H2,1-2H3. The molecule has 0 saturated carbocycles. The van der Waals surface area contributed by atoms with Crippen molar-refractivity contribution in [3.8, 4) is 0 Å².